The maximum atomic E-state index is 14.5. The summed E-state index contributed by atoms with van der Waals surface area (Å²) in [7, 11) is 0. The smallest absolute Gasteiger partial charge is 0.362 e. The van der Waals surface area contributed by atoms with Crippen molar-refractivity contribution in [3.8, 4) is 0 Å². The van der Waals surface area contributed by atoms with Crippen LogP contribution in [0.5, 0.6) is 0 Å². The molecule has 2 atom stereocenters. The lowest BCUT2D eigenvalue weighted by Crippen LogP contribution is -2.19. The number of hydrogen-bond acceptors (Lipinski definition) is 4. The molecule has 1 heterocycles. The highest BCUT2D eigenvalue weighted by Gasteiger charge is 2.23. The lowest BCUT2D eigenvalue weighted by atomic mass is 10.1. The van der Waals surface area contributed by atoms with Gasteiger partial charge in [-0.05, 0) is 49.0 Å². The van der Waals surface area contributed by atoms with E-state index in [2.05, 4.69) is 0 Å². The van der Waals surface area contributed by atoms with E-state index in [-0.39, 0.29) is 24.5 Å². The minimum absolute atomic E-state index is 0.0724. The SMILES string of the molecule is CCOC(=O)C(F)n1ccn(CC(OCc2ccc(Cl)cc2)c2ccc(Cl)cc2Cl)c1=S. The maximum Gasteiger partial charge on any atom is 0.362 e. The molecule has 32 heavy (non-hydrogen) atoms. The van der Waals surface area contributed by atoms with E-state index < -0.39 is 18.4 Å². The van der Waals surface area contributed by atoms with Crippen molar-refractivity contribution in [1.29, 1.82) is 0 Å². The Morgan fingerprint density at radius 2 is 1.78 bits per heavy atom. The molecule has 2 unspecified atom stereocenters. The number of aromatic nitrogens is 2. The topological polar surface area (TPSA) is 45.4 Å². The van der Waals surface area contributed by atoms with E-state index in [0.29, 0.717) is 20.6 Å². The van der Waals surface area contributed by atoms with E-state index in [4.69, 9.17) is 56.5 Å². The Morgan fingerprint density at radius 1 is 1.09 bits per heavy atom. The van der Waals surface area contributed by atoms with Gasteiger partial charge in [-0.1, -0.05) is 53.0 Å². The molecule has 3 rings (SSSR count). The van der Waals surface area contributed by atoms with Crippen LogP contribution in [0.3, 0.4) is 0 Å². The Morgan fingerprint density at radius 3 is 2.44 bits per heavy atom. The van der Waals surface area contributed by atoms with Gasteiger partial charge in [0.25, 0.3) is 6.30 Å². The largest absolute Gasteiger partial charge is 0.462 e. The molecule has 0 saturated heterocycles. The molecule has 0 radical (unpaired) electrons. The van der Waals surface area contributed by atoms with Gasteiger partial charge in [0.15, 0.2) is 4.77 Å². The molecule has 5 nitrogen and oxygen atoms in total. The number of ether oxygens (including phenoxy) is 2. The lowest BCUT2D eigenvalue weighted by Gasteiger charge is -2.21. The van der Waals surface area contributed by atoms with Crippen molar-refractivity contribution in [3.63, 3.8) is 0 Å². The van der Waals surface area contributed by atoms with Crippen LogP contribution in [0.15, 0.2) is 54.9 Å². The third-order valence-corrected chi connectivity index (χ3v) is 5.90. The summed E-state index contributed by atoms with van der Waals surface area (Å²) in [5, 5.41) is 1.55. The molecule has 0 aliphatic carbocycles. The molecule has 1 aromatic heterocycles. The normalized spacial score (nSPS) is 13.0. The van der Waals surface area contributed by atoms with E-state index >= 15 is 0 Å². The van der Waals surface area contributed by atoms with Crippen LogP contribution in [0.1, 0.15) is 30.5 Å². The maximum absolute atomic E-state index is 14.5. The van der Waals surface area contributed by atoms with Crippen molar-refractivity contribution in [2.45, 2.75) is 32.5 Å². The number of carbonyl (C=O) groups excluding carboxylic acids is 1. The summed E-state index contributed by atoms with van der Waals surface area (Å²) in [4.78, 5) is 11.8. The summed E-state index contributed by atoms with van der Waals surface area (Å²) >= 11 is 23.8. The van der Waals surface area contributed by atoms with Crippen LogP contribution in [-0.4, -0.2) is 21.7 Å². The quantitative estimate of drug-likeness (QED) is 0.227. The molecule has 10 heteroatoms. The van der Waals surface area contributed by atoms with Crippen LogP contribution in [0, 0.1) is 4.77 Å². The van der Waals surface area contributed by atoms with Crippen LogP contribution >= 0.6 is 47.0 Å². The van der Waals surface area contributed by atoms with Crippen LogP contribution in [0.25, 0.3) is 0 Å². The highest BCUT2D eigenvalue weighted by Crippen LogP contribution is 2.31. The Labute approximate surface area is 205 Å². The molecule has 170 valence electrons. The fourth-order valence-corrected chi connectivity index (χ4v) is 3.97. The molecule has 0 spiro atoms. The molecule has 0 aliphatic heterocycles. The second-order valence-corrected chi connectivity index (χ2v) is 8.47. The molecule has 0 bridgehead atoms. The highest BCUT2D eigenvalue weighted by atomic mass is 35.5. The number of hydrogen-bond donors (Lipinski definition) is 0. The van der Waals surface area contributed by atoms with Gasteiger partial charge in [0.05, 0.1) is 19.8 Å². The average Bonchev–Trinajstić information content (AvgIpc) is 3.12. The predicted molar refractivity (Wildman–Crippen MR) is 125 cm³/mol. The van der Waals surface area contributed by atoms with Gasteiger partial charge >= 0.3 is 5.97 Å². The monoisotopic (exact) mass is 516 g/mol. The molecule has 0 amide bonds. The summed E-state index contributed by atoms with van der Waals surface area (Å²) in [6.45, 7) is 2.19. The van der Waals surface area contributed by atoms with Gasteiger partial charge in [-0.2, -0.15) is 0 Å². The zero-order valence-electron chi connectivity index (χ0n) is 17.0. The number of imidazole rings is 1. The molecule has 2 aromatic carbocycles. The van der Waals surface area contributed by atoms with Gasteiger partial charge in [0.1, 0.15) is 6.10 Å². The summed E-state index contributed by atoms with van der Waals surface area (Å²) in [6, 6.07) is 12.4. The molecular weight excluding hydrogens is 498 g/mol. The fraction of sp³-hybridized carbons (Fsp3) is 0.273. The molecule has 3 aromatic rings. The molecule has 0 N–H and O–H groups in total. The number of carbonyl (C=O) groups is 1. The summed E-state index contributed by atoms with van der Waals surface area (Å²) in [5.41, 5.74) is 1.61. The Hall–Kier alpha value is -1.90. The number of halogens is 4. The van der Waals surface area contributed by atoms with Crippen molar-refractivity contribution >= 4 is 53.0 Å². The predicted octanol–water partition coefficient (Wildman–Crippen LogP) is 6.97. The van der Waals surface area contributed by atoms with E-state index in [1.54, 1.807) is 48.0 Å². The molecule has 0 saturated carbocycles. The van der Waals surface area contributed by atoms with Gasteiger partial charge in [-0.25, -0.2) is 9.18 Å². The first-order chi connectivity index (χ1) is 15.3. The van der Waals surface area contributed by atoms with Crippen molar-refractivity contribution in [2.75, 3.05) is 6.61 Å². The molecule has 0 aliphatic rings. The van der Waals surface area contributed by atoms with E-state index in [1.165, 1.54) is 6.20 Å². The van der Waals surface area contributed by atoms with Gasteiger partial charge < -0.3 is 14.0 Å². The fourth-order valence-electron chi connectivity index (χ4n) is 3.02. The lowest BCUT2D eigenvalue weighted by molar-refractivity contribution is -0.152. The number of esters is 1. The minimum atomic E-state index is -2.03. The summed E-state index contributed by atoms with van der Waals surface area (Å²) in [5.74, 6) is -1.00. The van der Waals surface area contributed by atoms with Crippen molar-refractivity contribution in [2.24, 2.45) is 0 Å². The minimum Gasteiger partial charge on any atom is -0.462 e. The first-order valence-electron chi connectivity index (χ1n) is 9.69. The standard InChI is InChI=1S/C22H20Cl3FN2O3S/c1-2-30-21(29)20(26)28-10-9-27(22(28)32)12-19(17-8-7-16(24)11-18(17)25)31-13-14-3-5-15(23)6-4-14/h3-11,19-20H,2,12-13H2,1H3. The zero-order valence-corrected chi connectivity index (χ0v) is 20.1. The van der Waals surface area contributed by atoms with Crippen molar-refractivity contribution in [1.82, 2.24) is 9.13 Å². The Balaban J connectivity index is 1.86. The number of rotatable bonds is 9. The second kappa shape index (κ2) is 11.3. The Bertz CT molecular complexity index is 1130. The van der Waals surface area contributed by atoms with Crippen LogP contribution in [0.4, 0.5) is 4.39 Å². The van der Waals surface area contributed by atoms with Crippen molar-refractivity contribution < 1.29 is 18.7 Å². The van der Waals surface area contributed by atoms with Crippen LogP contribution in [-0.2, 0) is 27.4 Å². The third kappa shape index (κ3) is 6.11. The van der Waals surface area contributed by atoms with Gasteiger partial charge in [0, 0.05) is 33.0 Å². The summed E-state index contributed by atoms with van der Waals surface area (Å²) < 4.78 is 28.1. The number of alkyl halides is 1. The van der Waals surface area contributed by atoms with Gasteiger partial charge in [-0.3, -0.25) is 4.57 Å². The number of nitrogens with zero attached hydrogens (tertiary/aromatic N) is 2. The van der Waals surface area contributed by atoms with Crippen molar-refractivity contribution in [3.05, 3.63) is 85.8 Å². The third-order valence-electron chi connectivity index (χ3n) is 4.64. The van der Waals surface area contributed by atoms with E-state index in [9.17, 15) is 9.18 Å². The molecule has 0 fully saturated rings. The first-order valence-corrected chi connectivity index (χ1v) is 11.2. The highest BCUT2D eigenvalue weighted by molar-refractivity contribution is 7.71. The first kappa shape index (κ1) is 24.7. The summed E-state index contributed by atoms with van der Waals surface area (Å²) in [6.07, 6.45) is 0.412. The van der Waals surface area contributed by atoms with Gasteiger partial charge in [0.2, 0.25) is 0 Å². The second-order valence-electron chi connectivity index (χ2n) is 6.82. The van der Waals surface area contributed by atoms with Crippen LogP contribution in [0.2, 0.25) is 15.1 Å². The van der Waals surface area contributed by atoms with Crippen LogP contribution < -0.4 is 0 Å². The molecular formula is C22H20Cl3FN2O3S. The number of benzene rings is 2. The zero-order chi connectivity index (χ0) is 23.3. The average molecular weight is 518 g/mol. The van der Waals surface area contributed by atoms with E-state index in [0.717, 1.165) is 10.1 Å². The Kier molecular flexibility index (Phi) is 8.73. The van der Waals surface area contributed by atoms with E-state index in [1.807, 2.05) is 12.1 Å². The van der Waals surface area contributed by atoms with Gasteiger partial charge in [-0.15, -0.1) is 0 Å².